The lowest BCUT2D eigenvalue weighted by Crippen LogP contribution is -2.13. The van der Waals surface area contributed by atoms with Gasteiger partial charge >= 0.3 is 5.97 Å². The van der Waals surface area contributed by atoms with Crippen molar-refractivity contribution < 1.29 is 38.3 Å². The number of hydrogen-bond acceptors (Lipinski definition) is 8. The van der Waals surface area contributed by atoms with Crippen LogP contribution in [0.5, 0.6) is 11.5 Å². The minimum atomic E-state index is -0.743. The summed E-state index contributed by atoms with van der Waals surface area (Å²) in [5.41, 5.74) is 16.4. The van der Waals surface area contributed by atoms with E-state index in [9.17, 15) is 4.79 Å². The van der Waals surface area contributed by atoms with Crippen molar-refractivity contribution in [1.82, 2.24) is 0 Å². The second-order valence-corrected chi connectivity index (χ2v) is 25.9. The van der Waals surface area contributed by atoms with Crippen LogP contribution in [0.1, 0.15) is 166 Å². The maximum absolute atomic E-state index is 10.9. The molecule has 9 heteroatoms. The predicted octanol–water partition coefficient (Wildman–Crippen LogP) is 21.0. The van der Waals surface area contributed by atoms with Gasteiger partial charge < -0.3 is 39.3 Å². The topological polar surface area (TPSA) is 119 Å². The zero-order chi connectivity index (χ0) is 63.6. The summed E-state index contributed by atoms with van der Waals surface area (Å²) in [6, 6.07) is 51.6. The van der Waals surface area contributed by atoms with Gasteiger partial charge in [0.15, 0.2) is 0 Å². The third-order valence-electron chi connectivity index (χ3n) is 18.6. The van der Waals surface area contributed by atoms with Gasteiger partial charge in [-0.2, -0.15) is 0 Å². The van der Waals surface area contributed by atoms with Crippen molar-refractivity contribution >= 4 is 81.4 Å². The number of aliphatic carboxylic acids is 1. The summed E-state index contributed by atoms with van der Waals surface area (Å²) in [7, 11) is 1.72. The summed E-state index contributed by atoms with van der Waals surface area (Å²) < 4.78 is 38.3. The van der Waals surface area contributed by atoms with Gasteiger partial charge in [-0.3, -0.25) is 4.79 Å². The van der Waals surface area contributed by atoms with Gasteiger partial charge in [-0.15, -0.1) is 0 Å². The predicted molar refractivity (Wildman–Crippen MR) is 381 cm³/mol. The van der Waals surface area contributed by atoms with E-state index in [0.717, 1.165) is 110 Å². The monoisotopic (exact) mass is 1230 g/mol. The molecule has 1 unspecified atom stereocenters. The van der Waals surface area contributed by atoms with E-state index in [1.165, 1.54) is 143 Å². The Morgan fingerprint density at radius 1 is 0.457 bits per heavy atom. The van der Waals surface area contributed by atoms with Gasteiger partial charge in [-0.25, -0.2) is 0 Å². The van der Waals surface area contributed by atoms with Crippen molar-refractivity contribution in [3.8, 4) is 11.5 Å². The number of carbonyl (C=O) groups is 1. The van der Waals surface area contributed by atoms with Crippen LogP contribution in [0, 0.1) is 13.8 Å². The van der Waals surface area contributed by atoms with Crippen LogP contribution in [-0.4, -0.2) is 44.0 Å². The Balaban J connectivity index is 0.714. The van der Waals surface area contributed by atoms with Crippen LogP contribution in [0.3, 0.4) is 0 Å². The maximum atomic E-state index is 10.9. The average molecular weight is 1230 g/mol. The van der Waals surface area contributed by atoms with Gasteiger partial charge in [-0.05, 0) is 248 Å². The molecule has 0 saturated carbocycles. The zero-order valence-corrected chi connectivity index (χ0v) is 55.0. The molecule has 0 aliphatic carbocycles. The van der Waals surface area contributed by atoms with Gasteiger partial charge in [-0.1, -0.05) is 148 Å². The minimum absolute atomic E-state index is 0.0681. The fourth-order valence-electron chi connectivity index (χ4n) is 13.8. The maximum Gasteiger partial charge on any atom is 0.303 e. The summed E-state index contributed by atoms with van der Waals surface area (Å²) in [5, 5.41) is 26.5. The number of unbranched alkanes of at least 4 members (excludes halogenated alkanes) is 12. The number of carboxylic acids is 1. The molecule has 0 saturated heterocycles. The molecule has 11 aromatic rings. The Morgan fingerprint density at radius 2 is 0.891 bits per heavy atom. The van der Waals surface area contributed by atoms with Crippen LogP contribution in [0.25, 0.3) is 75.4 Å². The molecule has 11 aromatic carbocycles. The molecule has 11 rings (SSSR count). The van der Waals surface area contributed by atoms with Crippen LogP contribution in [-0.2, 0) is 69.8 Å². The first kappa shape index (κ1) is 65.8. The van der Waals surface area contributed by atoms with E-state index in [1.54, 1.807) is 7.11 Å². The molecule has 0 heterocycles. The van der Waals surface area contributed by atoms with E-state index in [0.29, 0.717) is 52.7 Å². The second-order valence-electron chi connectivity index (χ2n) is 25.9. The highest BCUT2D eigenvalue weighted by Gasteiger charge is 2.18. The summed E-state index contributed by atoms with van der Waals surface area (Å²) in [5.74, 6) is 0.774. The third-order valence-corrected chi connectivity index (χ3v) is 18.6. The largest absolute Gasteiger partial charge is 0.496 e. The summed E-state index contributed by atoms with van der Waals surface area (Å²) in [6.07, 6.45) is 23.6. The molecule has 3 N–H and O–H groups in total. The summed E-state index contributed by atoms with van der Waals surface area (Å²) in [6.45, 7) is 11.4. The number of hydrogen-bond donors (Lipinski definition) is 2. The molecule has 92 heavy (non-hydrogen) atoms. The number of aryl methyl sites for hydroxylation is 3. The quantitative estimate of drug-likeness (QED) is 0.0221. The Bertz CT molecular complexity index is 4110. The zero-order valence-electron chi connectivity index (χ0n) is 55.0. The van der Waals surface area contributed by atoms with Crippen molar-refractivity contribution in [2.45, 2.75) is 182 Å². The number of rotatable bonds is 39. The number of allylic oxidation sites excluding steroid dienone is 1. The fraction of sp³-hybridized carbons (Fsp3) is 0.386. The van der Waals surface area contributed by atoms with Crippen LogP contribution in [0.4, 0.5) is 0 Å². The standard InChI is InChI=1S/C83H95NO8/c1-57-25-36-76-64(40-57)27-26-58(2)75(76)23-17-12-10-8-6-5-7-9-11-16-22-59(3)92-78-50-73(55-90-53-62-45-69-32-28-67-43-61(52-89-39-21-15-18-24-79(85)86)44-68-29-33-70(46-62)82(69)81(67)68)77(87-4)49-74(78)56-91-54-63-47-71-34-30-65-41-60(51-88-38-20-14-13-19-37-84)42-66-31-35-72(48-63)83(71)80(65)66/h11,16,25-36,40-50,59H,5-10,12-15,17-24,37-39,51-56,84H2,1-4H3,(H,85,86)/b16-11+. The van der Waals surface area contributed by atoms with E-state index in [2.05, 4.69) is 172 Å². The molecule has 0 amide bonds. The van der Waals surface area contributed by atoms with Crippen LogP contribution in [0.15, 0.2) is 152 Å². The van der Waals surface area contributed by atoms with Gasteiger partial charge in [0, 0.05) is 37.2 Å². The molecule has 9 nitrogen and oxygen atoms in total. The highest BCUT2D eigenvalue weighted by atomic mass is 16.5. The molecular weight excluding hydrogens is 1140 g/mol. The smallest absolute Gasteiger partial charge is 0.303 e. The number of fused-ring (bicyclic) bond motifs is 1. The molecule has 1 atom stereocenters. The highest BCUT2D eigenvalue weighted by molar-refractivity contribution is 6.24. The lowest BCUT2D eigenvalue weighted by molar-refractivity contribution is -0.137. The van der Waals surface area contributed by atoms with Crippen molar-refractivity contribution in [2.75, 3.05) is 26.9 Å². The second kappa shape index (κ2) is 32.8. The van der Waals surface area contributed by atoms with Crippen molar-refractivity contribution in [3.63, 3.8) is 0 Å². The highest BCUT2D eigenvalue weighted by Crippen LogP contribution is 2.39. The first-order chi connectivity index (χ1) is 45.1. The molecule has 0 aliphatic rings. The molecule has 0 spiro atoms. The Labute approximate surface area is 544 Å². The van der Waals surface area contributed by atoms with E-state index in [4.69, 9.17) is 39.3 Å². The van der Waals surface area contributed by atoms with E-state index >= 15 is 0 Å². The lowest BCUT2D eigenvalue weighted by Gasteiger charge is -2.20. The van der Waals surface area contributed by atoms with E-state index in [-0.39, 0.29) is 12.5 Å². The Kier molecular flexibility index (Phi) is 23.5. The number of ether oxygens (including phenoxy) is 6. The molecular formula is C83H95NO8. The van der Waals surface area contributed by atoms with Gasteiger partial charge in [0.05, 0.1) is 52.9 Å². The van der Waals surface area contributed by atoms with E-state index in [1.807, 2.05) is 0 Å². The SMILES string of the molecule is COc1cc(COCc2cc3ccc4cc(COCCCCCCN)cc5ccc(c2)c3c45)c(OC(C)C/C=C/CCCCCCCCCc2c(C)ccc3cc(C)ccc23)cc1COCc1cc2ccc3cc(COCCCCCC(=O)O)cc4ccc(c1)c2c34. The van der Waals surface area contributed by atoms with Crippen molar-refractivity contribution in [2.24, 2.45) is 5.73 Å². The molecule has 0 aromatic heterocycles. The first-order valence-corrected chi connectivity index (χ1v) is 34.2. The number of nitrogens with two attached hydrogens (primary N) is 1. The molecule has 0 bridgehead atoms. The first-order valence-electron chi connectivity index (χ1n) is 34.2. The normalized spacial score (nSPS) is 12.4. The third kappa shape index (κ3) is 17.1. The van der Waals surface area contributed by atoms with Gasteiger partial charge in [0.25, 0.3) is 0 Å². The number of carboxylic acid groups (broad SMARTS) is 1. The Hall–Kier alpha value is -7.63. The van der Waals surface area contributed by atoms with Crippen LogP contribution < -0.4 is 15.2 Å². The number of benzene rings is 11. The molecule has 0 fully saturated rings. The van der Waals surface area contributed by atoms with Crippen LogP contribution >= 0.6 is 0 Å². The van der Waals surface area contributed by atoms with Crippen molar-refractivity contribution in [3.05, 3.63) is 202 Å². The molecule has 480 valence electrons. The van der Waals surface area contributed by atoms with Crippen molar-refractivity contribution in [1.29, 1.82) is 0 Å². The Morgan fingerprint density at radius 3 is 1.39 bits per heavy atom. The number of methoxy groups -OCH3 is 1. The average Bonchev–Trinajstić information content (AvgIpc) is 0.754. The van der Waals surface area contributed by atoms with Gasteiger partial charge in [0.1, 0.15) is 11.5 Å². The van der Waals surface area contributed by atoms with Gasteiger partial charge in [0.2, 0.25) is 0 Å². The van der Waals surface area contributed by atoms with Crippen LogP contribution in [0.2, 0.25) is 0 Å². The molecule has 0 radical (unpaired) electrons. The lowest BCUT2D eigenvalue weighted by atomic mass is 9.92. The summed E-state index contributed by atoms with van der Waals surface area (Å²) >= 11 is 0. The molecule has 0 aliphatic heterocycles. The van der Waals surface area contributed by atoms with E-state index < -0.39 is 5.97 Å². The summed E-state index contributed by atoms with van der Waals surface area (Å²) in [4.78, 5) is 10.9. The fourth-order valence-corrected chi connectivity index (χ4v) is 13.8. The minimum Gasteiger partial charge on any atom is -0.496 e.